The number of nitrogens with two attached hydrogens (primary N) is 1. The molecule has 0 aliphatic heterocycles. The molecule has 18 rings (SSSR count). The summed E-state index contributed by atoms with van der Waals surface area (Å²) in [5.41, 5.74) is 13.7. The van der Waals surface area contributed by atoms with Crippen molar-refractivity contribution in [2.45, 2.75) is 236 Å². The van der Waals surface area contributed by atoms with E-state index in [0.29, 0.717) is 98.0 Å². The number of imidazole rings is 5. The van der Waals surface area contributed by atoms with E-state index in [1.165, 1.54) is 70.5 Å². The Balaban J connectivity index is 0.000000162. The van der Waals surface area contributed by atoms with Crippen molar-refractivity contribution in [3.8, 4) is 0 Å². The molecule has 2 unspecified atom stereocenters. The Hall–Kier alpha value is -14.8. The van der Waals surface area contributed by atoms with Crippen molar-refractivity contribution in [1.29, 1.82) is 0 Å². The highest BCUT2D eigenvalue weighted by Gasteiger charge is 2.50. The number of carboxylic acids is 1. The van der Waals surface area contributed by atoms with Crippen LogP contribution in [-0.4, -0.2) is 255 Å². The number of carboxylic acid groups (broad SMARTS) is 1. The second-order valence-electron chi connectivity index (χ2n) is 37.7. The molecule has 3 N–H and O–H groups in total. The van der Waals surface area contributed by atoms with Gasteiger partial charge in [0.25, 0.3) is 6.17 Å². The summed E-state index contributed by atoms with van der Waals surface area (Å²) >= 11 is 11.7. The van der Waals surface area contributed by atoms with Gasteiger partial charge in [-0.25, -0.2) is 114 Å². The minimum Gasteiger partial charge on any atom is -0.476 e. The lowest BCUT2D eigenvalue weighted by atomic mass is 9.95. The van der Waals surface area contributed by atoms with Crippen LogP contribution >= 0.6 is 35.6 Å². The maximum absolute atomic E-state index is 15.6. The van der Waals surface area contributed by atoms with Gasteiger partial charge in [0.1, 0.15) is 44.9 Å². The zero-order chi connectivity index (χ0) is 106. The summed E-state index contributed by atoms with van der Waals surface area (Å²) < 4.78 is 127. The molecule has 0 amide bonds. The first-order valence-corrected chi connectivity index (χ1v) is 46.8. The highest BCUT2D eigenvalue weighted by molar-refractivity contribution is 6.31. The normalized spacial score (nSPS) is 13.9. The third-order valence-electron chi connectivity index (χ3n) is 22.5. The fraction of sp³-hybridized carbons (Fsp3) is 0.448. The van der Waals surface area contributed by atoms with E-state index >= 15 is 4.39 Å². The smallest absolute Gasteiger partial charge is 0.361 e. The second kappa shape index (κ2) is 47.1. The SMILES string of the molecule is CC(C)(C)OC(=O)c1cn(Cc2cn3cc(C4CC4)cc(CCl)c3n2)nn1.COC(=O)C(F)(Cc1cc(C2CC2)cn2cc(Cn3cc(C(=O)OC(C)(C)C)nn3)nc12)C(=O)OC.COC(=O)C(F)C(=O)OC.COC(=O)C(F)Cc1cc(C2CC2)cn2cc(Cn3cc(C(=O)O)nn3)nc12.COC(=O)C(F)Cc1cc(C2CC2)cn2cc(Cn3cc(C(=O)OC(C)(C)C)nn3)nc12.Cl.NCc1ncn2ccc(Cl)c(F)c12. The molecule has 51 heteroatoms. The standard InChI is InChI=1S/C24H28FN5O6.C22H26FN5O4.C19H22ClN5O2.C18H18FN5O4.C8H7ClFN3.C5H7FO4.ClH/c1-23(2,3)36-20(31)18-13-30(28-27-18)12-17-11-29-10-16(14-6-7-14)8-15(19(29)26-17)9-24(25,21(32)34-4)22(33)35-5;1-22(2,3)32-21(30)18-12-28(26-25-18)11-16-10-27-9-15(13-5-6-13)7-14(19(27)24-16)8-17(23)20(29)31-4;1-19(2,3)27-18(26)16-11-25(23-22-16)10-15-9-24-8-14(12-4-5-12)6-13(7-20)17(24)21-15;1-28-18(27)14(19)5-11-4-12(10-2-3-10)6-23-7-13(20-16(11)23)8-24-9-15(17(25)26)21-22-24;9-5-1-2-13-4-12-6(3-11)8(13)7(5)10;1-9-4(7)3(6)5(8)10-2;/h8,10-11,13-14H,6-7,9,12H2,1-5H3;7,9-10,12-13,17H,5-6,8,11H2,1-4H3;6,8-9,11-12H,4-5,7,10H2,1-3H3;4,6-7,9-10,14H,2-3,5,8H2,1H3,(H,25,26);1-2,4H,3,11H2;3H,1-2H3;1H. The van der Waals surface area contributed by atoms with Crippen molar-refractivity contribution in [2.75, 3.05) is 42.7 Å². The molecule has 4 aliphatic rings. The van der Waals surface area contributed by atoms with Crippen molar-refractivity contribution < 1.29 is 118 Å². The highest BCUT2D eigenvalue weighted by atomic mass is 35.5. The number of hydrogen-bond donors (Lipinski definition) is 2. The lowest BCUT2D eigenvalue weighted by Crippen LogP contribution is -2.46. The lowest BCUT2D eigenvalue weighted by Gasteiger charge is -2.20. The van der Waals surface area contributed by atoms with E-state index < -0.39 is 113 Å². The van der Waals surface area contributed by atoms with Gasteiger partial charge in [0.15, 0.2) is 28.6 Å². The minimum atomic E-state index is -3.02. The third-order valence-corrected chi connectivity index (χ3v) is 23.0. The third kappa shape index (κ3) is 28.9. The number of aromatic carboxylic acids is 1. The fourth-order valence-electron chi connectivity index (χ4n) is 15.1. The molecule has 0 saturated heterocycles. The molecule has 14 aromatic heterocycles. The number of hydrogen-bond acceptors (Lipinski definition) is 33. The maximum Gasteiger partial charge on any atom is 0.361 e. The number of rotatable bonds is 30. The van der Waals surface area contributed by atoms with Crippen LogP contribution in [0.3, 0.4) is 0 Å². The Morgan fingerprint density at radius 1 is 0.442 bits per heavy atom. The monoisotopic (exact) mass is 2100 g/mol. The van der Waals surface area contributed by atoms with Crippen LogP contribution in [0.5, 0.6) is 0 Å². The van der Waals surface area contributed by atoms with E-state index in [-0.39, 0.29) is 79.2 Å². The summed E-state index contributed by atoms with van der Waals surface area (Å²) in [5, 5.41) is 40.0. The molecule has 0 aromatic carbocycles. The van der Waals surface area contributed by atoms with Gasteiger partial charge >= 0.3 is 65.4 Å². The van der Waals surface area contributed by atoms with Gasteiger partial charge in [0, 0.05) is 92.7 Å². The molecule has 43 nitrogen and oxygen atoms in total. The predicted octanol–water partition coefficient (Wildman–Crippen LogP) is 12.1. The van der Waals surface area contributed by atoms with E-state index in [1.54, 1.807) is 85.9 Å². The lowest BCUT2D eigenvalue weighted by molar-refractivity contribution is -0.171. The number of pyridine rings is 5. The molecular formula is C96H109Cl3F5N23O20. The molecule has 0 radical (unpaired) electrons. The van der Waals surface area contributed by atoms with Crippen LogP contribution in [-0.2, 0) is 129 Å². The van der Waals surface area contributed by atoms with Crippen molar-refractivity contribution in [2.24, 2.45) is 5.73 Å². The van der Waals surface area contributed by atoms with E-state index in [0.717, 1.165) is 108 Å². The Labute approximate surface area is 851 Å². The number of fused-ring (bicyclic) bond motifs is 5. The molecule has 0 spiro atoms. The quantitative estimate of drug-likeness (QED) is 0.0139. The van der Waals surface area contributed by atoms with E-state index in [1.807, 2.05) is 77.1 Å². The molecule has 4 aliphatic carbocycles. The second-order valence-corrected chi connectivity index (χ2v) is 38.4. The number of halogens is 8. The summed E-state index contributed by atoms with van der Waals surface area (Å²) in [6.45, 7) is 17.3. The average Bonchev–Trinajstić information content (AvgIpc) is 1.64. The van der Waals surface area contributed by atoms with Gasteiger partial charge in [-0.2, -0.15) is 0 Å². The number of methoxy groups -OCH3 is 6. The average molecular weight is 2110 g/mol. The number of esters is 9. The molecule has 147 heavy (non-hydrogen) atoms. The van der Waals surface area contributed by atoms with E-state index in [2.05, 4.69) is 107 Å². The van der Waals surface area contributed by atoms with Gasteiger partial charge < -0.3 is 75.5 Å². The number of nitrogens with zero attached hydrogens (tertiary/aromatic N) is 22. The number of alkyl halides is 5. The molecule has 784 valence electrons. The first-order valence-electron chi connectivity index (χ1n) is 45.9. The first kappa shape index (κ1) is 111. The molecule has 4 fully saturated rings. The predicted molar refractivity (Wildman–Crippen MR) is 514 cm³/mol. The summed E-state index contributed by atoms with van der Waals surface area (Å²) in [5.74, 6) is -7.95. The summed E-state index contributed by atoms with van der Waals surface area (Å²) in [6.07, 6.45) is 26.5. The molecule has 0 bridgehead atoms. The Bertz CT molecular complexity index is 7140. The topological polar surface area (TPSA) is 509 Å². The van der Waals surface area contributed by atoms with Crippen LogP contribution in [0.4, 0.5) is 22.0 Å². The van der Waals surface area contributed by atoms with Crippen LogP contribution < -0.4 is 5.73 Å². The summed E-state index contributed by atoms with van der Waals surface area (Å²) in [4.78, 5) is 138. The van der Waals surface area contributed by atoms with Crippen molar-refractivity contribution in [3.05, 3.63) is 224 Å². The van der Waals surface area contributed by atoms with Gasteiger partial charge in [-0.1, -0.05) is 50.7 Å². The Morgan fingerprint density at radius 3 is 1.04 bits per heavy atom. The molecule has 14 aromatic rings. The zero-order valence-corrected chi connectivity index (χ0v) is 85.0. The van der Waals surface area contributed by atoms with Crippen molar-refractivity contribution in [3.63, 3.8) is 0 Å². The van der Waals surface area contributed by atoms with Crippen LogP contribution in [0.25, 0.3) is 28.1 Å². The minimum absolute atomic E-state index is 0. The first-order chi connectivity index (χ1) is 69.2. The number of carbonyl (C=O) groups excluding carboxylic acids is 9. The van der Waals surface area contributed by atoms with Gasteiger partial charge in [0.05, 0.1) is 139 Å². The molecule has 14 heterocycles. The Morgan fingerprint density at radius 2 is 0.748 bits per heavy atom. The van der Waals surface area contributed by atoms with Crippen molar-refractivity contribution >= 4 is 123 Å². The summed E-state index contributed by atoms with van der Waals surface area (Å²) in [7, 11) is 6.31. The largest absolute Gasteiger partial charge is 0.476 e. The van der Waals surface area contributed by atoms with Gasteiger partial charge in [-0.3, -0.25) is 0 Å². The Kier molecular flexibility index (Phi) is 35.6. The van der Waals surface area contributed by atoms with Crippen LogP contribution in [0.15, 0.2) is 117 Å². The van der Waals surface area contributed by atoms with Crippen LogP contribution in [0, 0.1) is 5.82 Å². The summed E-state index contributed by atoms with van der Waals surface area (Å²) in [6, 6.07) is 9.23. The van der Waals surface area contributed by atoms with Gasteiger partial charge in [0.2, 0.25) is 12.3 Å². The fourth-order valence-corrected chi connectivity index (χ4v) is 15.4. The van der Waals surface area contributed by atoms with E-state index in [9.17, 15) is 65.5 Å². The maximum atomic E-state index is 15.6. The van der Waals surface area contributed by atoms with Crippen LogP contribution in [0.2, 0.25) is 5.02 Å². The zero-order valence-electron chi connectivity index (χ0n) is 82.7. The number of aromatic nitrogens is 22. The van der Waals surface area contributed by atoms with E-state index in [4.69, 9.17) is 48.3 Å². The molecular weight excluding hydrogens is 2000 g/mol. The highest BCUT2D eigenvalue weighted by Crippen LogP contribution is 2.45. The number of ether oxygens (including phenoxy) is 9. The van der Waals surface area contributed by atoms with Gasteiger partial charge in [-0.15, -0.1) is 44.4 Å². The van der Waals surface area contributed by atoms with Gasteiger partial charge in [-0.05, 0) is 183 Å². The van der Waals surface area contributed by atoms with Crippen molar-refractivity contribution in [1.82, 2.24) is 107 Å². The molecule has 2 atom stereocenters. The van der Waals surface area contributed by atoms with Crippen LogP contribution in [0.1, 0.15) is 252 Å². The number of carbonyl (C=O) groups is 10. The molecule has 4 saturated carbocycles.